The fourth-order valence-electron chi connectivity index (χ4n) is 4.57. The van der Waals surface area contributed by atoms with Gasteiger partial charge in [0.2, 0.25) is 0 Å². The van der Waals surface area contributed by atoms with E-state index in [-0.39, 0.29) is 10.8 Å². The van der Waals surface area contributed by atoms with Gasteiger partial charge in [0.1, 0.15) is 0 Å². The van der Waals surface area contributed by atoms with Crippen LogP contribution in [0.3, 0.4) is 0 Å². The van der Waals surface area contributed by atoms with E-state index in [2.05, 4.69) is 80.4 Å². The number of rotatable bonds is 2. The largest absolute Gasteiger partial charge is 0.369 e. The second kappa shape index (κ2) is 6.42. The van der Waals surface area contributed by atoms with E-state index in [9.17, 15) is 0 Å². The molecule has 1 aliphatic carbocycles. The maximum atomic E-state index is 3.44. The summed E-state index contributed by atoms with van der Waals surface area (Å²) >= 11 is 0. The van der Waals surface area contributed by atoms with E-state index in [0.29, 0.717) is 0 Å². The van der Waals surface area contributed by atoms with Crippen molar-refractivity contribution in [3.63, 3.8) is 0 Å². The smallest absolute Gasteiger partial charge is 0.0373 e. The van der Waals surface area contributed by atoms with Crippen LogP contribution < -0.4 is 10.2 Å². The summed E-state index contributed by atoms with van der Waals surface area (Å²) in [5.41, 5.74) is 7.66. The Morgan fingerprint density at radius 2 is 1.42 bits per heavy atom. The summed E-state index contributed by atoms with van der Waals surface area (Å²) in [6, 6.07) is 16.3. The van der Waals surface area contributed by atoms with Gasteiger partial charge in [0.15, 0.2) is 0 Å². The van der Waals surface area contributed by atoms with E-state index in [0.717, 1.165) is 26.2 Å². The van der Waals surface area contributed by atoms with Crippen LogP contribution in [-0.4, -0.2) is 26.2 Å². The van der Waals surface area contributed by atoms with Crippen LogP contribution in [0.5, 0.6) is 0 Å². The first-order valence-electron chi connectivity index (χ1n) is 10.1. The lowest BCUT2D eigenvalue weighted by molar-refractivity contribution is 0.332. The standard InChI is InChI=1S/C24H32N2/c1-23(2)10-11-24(3,4)22-17-19(8-9-21(22)23)18-6-5-7-20(16-18)26-14-12-25-13-15-26/h5-9,16-17,25H,10-15H2,1-4H3. The average Bonchev–Trinajstić information content (AvgIpc) is 2.66. The van der Waals surface area contributed by atoms with Crippen LogP contribution in [0, 0.1) is 0 Å². The summed E-state index contributed by atoms with van der Waals surface area (Å²) in [7, 11) is 0. The van der Waals surface area contributed by atoms with Gasteiger partial charge < -0.3 is 10.2 Å². The third-order valence-corrected chi connectivity index (χ3v) is 6.51. The van der Waals surface area contributed by atoms with Crippen molar-refractivity contribution in [2.24, 2.45) is 0 Å². The van der Waals surface area contributed by atoms with Gasteiger partial charge in [0.05, 0.1) is 0 Å². The molecule has 1 fully saturated rings. The molecule has 2 aliphatic rings. The van der Waals surface area contributed by atoms with Crippen LogP contribution >= 0.6 is 0 Å². The van der Waals surface area contributed by atoms with Gasteiger partial charge in [-0.1, -0.05) is 58.0 Å². The van der Waals surface area contributed by atoms with Gasteiger partial charge in [-0.2, -0.15) is 0 Å². The van der Waals surface area contributed by atoms with Crippen LogP contribution in [0.4, 0.5) is 5.69 Å². The monoisotopic (exact) mass is 348 g/mol. The normalized spacial score (nSPS) is 21.3. The Hall–Kier alpha value is -1.80. The van der Waals surface area contributed by atoms with E-state index in [1.165, 1.54) is 35.2 Å². The first kappa shape index (κ1) is 17.6. The predicted octanol–water partition coefficient (Wildman–Crippen LogP) is 5.11. The number of fused-ring (bicyclic) bond motifs is 1. The van der Waals surface area contributed by atoms with Crippen molar-refractivity contribution in [3.05, 3.63) is 53.6 Å². The molecule has 1 heterocycles. The molecule has 26 heavy (non-hydrogen) atoms. The van der Waals surface area contributed by atoms with Crippen LogP contribution in [-0.2, 0) is 10.8 Å². The molecule has 2 heteroatoms. The SMILES string of the molecule is CC1(C)CCC(C)(C)c2cc(-c3cccc(N4CCNCC4)c3)ccc21. The molecule has 1 N–H and O–H groups in total. The predicted molar refractivity (Wildman–Crippen MR) is 112 cm³/mol. The van der Waals surface area contributed by atoms with Crippen LogP contribution in [0.15, 0.2) is 42.5 Å². The highest BCUT2D eigenvalue weighted by Gasteiger charge is 2.36. The minimum atomic E-state index is 0.261. The van der Waals surface area contributed by atoms with Gasteiger partial charge in [0, 0.05) is 31.9 Å². The summed E-state index contributed by atoms with van der Waals surface area (Å²) in [4.78, 5) is 2.49. The highest BCUT2D eigenvalue weighted by Crippen LogP contribution is 2.46. The molecule has 2 aromatic rings. The lowest BCUT2D eigenvalue weighted by Gasteiger charge is -2.42. The second-order valence-electron chi connectivity index (χ2n) is 9.32. The fourth-order valence-corrected chi connectivity index (χ4v) is 4.57. The Morgan fingerprint density at radius 1 is 0.769 bits per heavy atom. The molecule has 1 saturated heterocycles. The molecule has 0 unspecified atom stereocenters. The lowest BCUT2D eigenvalue weighted by atomic mass is 9.63. The van der Waals surface area contributed by atoms with Crippen molar-refractivity contribution in [3.8, 4) is 11.1 Å². The number of hydrogen-bond acceptors (Lipinski definition) is 2. The molecule has 0 radical (unpaired) electrons. The van der Waals surface area contributed by atoms with Crippen molar-refractivity contribution >= 4 is 5.69 Å². The summed E-state index contributed by atoms with van der Waals surface area (Å²) in [6.45, 7) is 13.9. The Labute approximate surface area is 158 Å². The Balaban J connectivity index is 1.73. The van der Waals surface area contributed by atoms with Crippen LogP contribution in [0.2, 0.25) is 0 Å². The Kier molecular flexibility index (Phi) is 4.35. The highest BCUT2D eigenvalue weighted by atomic mass is 15.2. The molecular formula is C24H32N2. The fraction of sp³-hybridized carbons (Fsp3) is 0.500. The molecule has 0 bridgehead atoms. The molecule has 2 nitrogen and oxygen atoms in total. The van der Waals surface area contributed by atoms with E-state index in [4.69, 9.17) is 0 Å². The molecule has 0 saturated carbocycles. The zero-order valence-electron chi connectivity index (χ0n) is 16.7. The van der Waals surface area contributed by atoms with Crippen molar-refractivity contribution in [1.29, 1.82) is 0 Å². The highest BCUT2D eigenvalue weighted by molar-refractivity contribution is 5.70. The van der Waals surface area contributed by atoms with Crippen molar-refractivity contribution in [2.75, 3.05) is 31.1 Å². The number of hydrogen-bond donors (Lipinski definition) is 1. The van der Waals surface area contributed by atoms with Gasteiger partial charge in [-0.15, -0.1) is 0 Å². The summed E-state index contributed by atoms with van der Waals surface area (Å²) in [5, 5.41) is 3.44. The van der Waals surface area contributed by atoms with Gasteiger partial charge in [-0.3, -0.25) is 0 Å². The minimum Gasteiger partial charge on any atom is -0.369 e. The van der Waals surface area contributed by atoms with E-state index < -0.39 is 0 Å². The van der Waals surface area contributed by atoms with Crippen molar-refractivity contribution in [1.82, 2.24) is 5.32 Å². The number of anilines is 1. The molecule has 1 aliphatic heterocycles. The molecule has 0 spiro atoms. The molecule has 0 atom stereocenters. The van der Waals surface area contributed by atoms with Crippen molar-refractivity contribution < 1.29 is 0 Å². The first-order chi connectivity index (χ1) is 12.4. The van der Waals surface area contributed by atoms with E-state index in [1.807, 2.05) is 0 Å². The van der Waals surface area contributed by atoms with Crippen LogP contribution in [0.1, 0.15) is 51.7 Å². The quantitative estimate of drug-likeness (QED) is 0.811. The third kappa shape index (κ3) is 3.16. The van der Waals surface area contributed by atoms with Crippen molar-refractivity contribution in [2.45, 2.75) is 51.4 Å². The maximum Gasteiger partial charge on any atom is 0.0373 e. The second-order valence-corrected chi connectivity index (χ2v) is 9.32. The Morgan fingerprint density at radius 3 is 2.15 bits per heavy atom. The molecule has 4 rings (SSSR count). The molecule has 0 aromatic heterocycles. The van der Waals surface area contributed by atoms with E-state index in [1.54, 1.807) is 5.56 Å². The average molecular weight is 349 g/mol. The Bertz CT molecular complexity index is 798. The number of piperazine rings is 1. The molecular weight excluding hydrogens is 316 g/mol. The maximum absolute atomic E-state index is 3.44. The van der Waals surface area contributed by atoms with E-state index >= 15 is 0 Å². The zero-order chi connectivity index (χ0) is 18.4. The topological polar surface area (TPSA) is 15.3 Å². The van der Waals surface area contributed by atoms with Gasteiger partial charge in [-0.05, 0) is 58.1 Å². The first-order valence-corrected chi connectivity index (χ1v) is 10.1. The number of nitrogens with zero attached hydrogens (tertiary/aromatic N) is 1. The summed E-state index contributed by atoms with van der Waals surface area (Å²) < 4.78 is 0. The molecule has 0 amide bonds. The minimum absolute atomic E-state index is 0.261. The zero-order valence-corrected chi connectivity index (χ0v) is 16.7. The lowest BCUT2D eigenvalue weighted by Crippen LogP contribution is -2.43. The number of nitrogens with one attached hydrogen (secondary N) is 1. The van der Waals surface area contributed by atoms with Crippen LogP contribution in [0.25, 0.3) is 11.1 Å². The van der Waals surface area contributed by atoms with Gasteiger partial charge >= 0.3 is 0 Å². The van der Waals surface area contributed by atoms with Gasteiger partial charge in [-0.25, -0.2) is 0 Å². The third-order valence-electron chi connectivity index (χ3n) is 6.51. The summed E-state index contributed by atoms with van der Waals surface area (Å²) in [5.74, 6) is 0. The van der Waals surface area contributed by atoms with Gasteiger partial charge in [0.25, 0.3) is 0 Å². The molecule has 2 aromatic carbocycles. The molecule has 138 valence electrons. The number of benzene rings is 2. The summed E-state index contributed by atoms with van der Waals surface area (Å²) in [6.07, 6.45) is 2.53.